The van der Waals surface area contributed by atoms with E-state index in [1.807, 2.05) is 18.6 Å². The fraction of sp³-hybridized carbons (Fsp3) is 0.316. The Morgan fingerprint density at radius 1 is 1.12 bits per heavy atom. The number of piperazine rings is 1. The number of hydrogen-bond donors (Lipinski definition) is 0. The Labute approximate surface area is 145 Å². The van der Waals surface area contributed by atoms with Gasteiger partial charge in [-0.2, -0.15) is 0 Å². The predicted molar refractivity (Wildman–Crippen MR) is 96.2 cm³/mol. The Morgan fingerprint density at radius 3 is 2.44 bits per heavy atom. The third-order valence-corrected chi connectivity index (χ3v) is 4.72. The number of nitrogens with zero attached hydrogens (tertiary/aromatic N) is 4. The average Bonchev–Trinajstić information content (AvgIpc) is 3.41. The van der Waals surface area contributed by atoms with Crippen LogP contribution in [0, 0.1) is 18.1 Å². The SMILES string of the molecule is CN=C1C(N2CCN(C)CC2)=Nc2cc(F)c(F)cc2/C1=C/C1=C[CH]1. The molecule has 0 amide bonds. The monoisotopic (exact) mass is 341 g/mol. The summed E-state index contributed by atoms with van der Waals surface area (Å²) in [6, 6.07) is 2.39. The first-order chi connectivity index (χ1) is 12.1. The summed E-state index contributed by atoms with van der Waals surface area (Å²) in [7, 11) is 3.80. The number of amidine groups is 1. The van der Waals surface area contributed by atoms with E-state index in [-0.39, 0.29) is 0 Å². The average molecular weight is 341 g/mol. The zero-order chi connectivity index (χ0) is 17.6. The quantitative estimate of drug-likeness (QED) is 0.787. The first kappa shape index (κ1) is 16.1. The van der Waals surface area contributed by atoms with Crippen molar-refractivity contribution in [3.63, 3.8) is 0 Å². The van der Waals surface area contributed by atoms with Gasteiger partial charge >= 0.3 is 0 Å². The Morgan fingerprint density at radius 2 is 1.80 bits per heavy atom. The van der Waals surface area contributed by atoms with Crippen LogP contribution in [0.3, 0.4) is 0 Å². The molecule has 0 saturated carbocycles. The lowest BCUT2D eigenvalue weighted by Crippen LogP contribution is -2.50. The first-order valence-corrected chi connectivity index (χ1v) is 8.32. The number of rotatable bonds is 1. The molecule has 6 heteroatoms. The van der Waals surface area contributed by atoms with Gasteiger partial charge in [0.2, 0.25) is 0 Å². The van der Waals surface area contributed by atoms with E-state index < -0.39 is 11.6 Å². The highest BCUT2D eigenvalue weighted by Crippen LogP contribution is 2.37. The summed E-state index contributed by atoms with van der Waals surface area (Å²) in [6.07, 6.45) is 5.91. The third-order valence-electron chi connectivity index (χ3n) is 4.72. The smallest absolute Gasteiger partial charge is 0.161 e. The molecule has 1 radical (unpaired) electrons. The molecule has 3 aliphatic rings. The Balaban J connectivity index is 1.84. The minimum absolute atomic E-state index is 0.452. The van der Waals surface area contributed by atoms with E-state index in [4.69, 9.17) is 0 Å². The molecule has 1 fully saturated rings. The van der Waals surface area contributed by atoms with Crippen LogP contribution in [0.5, 0.6) is 0 Å². The molecule has 2 heterocycles. The fourth-order valence-electron chi connectivity index (χ4n) is 3.18. The van der Waals surface area contributed by atoms with E-state index in [0.717, 1.165) is 48.9 Å². The molecule has 25 heavy (non-hydrogen) atoms. The van der Waals surface area contributed by atoms with Crippen LogP contribution < -0.4 is 0 Å². The minimum atomic E-state index is -0.881. The molecule has 0 aromatic heterocycles. The van der Waals surface area contributed by atoms with Gasteiger partial charge in [0.15, 0.2) is 17.5 Å². The highest BCUT2D eigenvalue weighted by molar-refractivity contribution is 6.59. The lowest BCUT2D eigenvalue weighted by Gasteiger charge is -2.36. The molecule has 129 valence electrons. The molecule has 1 aromatic carbocycles. The van der Waals surface area contributed by atoms with Gasteiger partial charge < -0.3 is 9.80 Å². The molecular weight excluding hydrogens is 322 g/mol. The summed E-state index contributed by atoms with van der Waals surface area (Å²) in [5.74, 6) is -1.01. The van der Waals surface area contributed by atoms with Crippen LogP contribution in [0.25, 0.3) is 5.57 Å². The Kier molecular flexibility index (Phi) is 4.00. The largest absolute Gasteiger partial charge is 0.352 e. The molecule has 0 unspecified atom stereocenters. The van der Waals surface area contributed by atoms with Crippen molar-refractivity contribution in [3.8, 4) is 0 Å². The van der Waals surface area contributed by atoms with Gasteiger partial charge in [0.05, 0.1) is 5.69 Å². The molecule has 0 N–H and O–H groups in total. The van der Waals surface area contributed by atoms with E-state index in [9.17, 15) is 8.78 Å². The Bertz CT molecular complexity index is 843. The zero-order valence-electron chi connectivity index (χ0n) is 14.3. The topological polar surface area (TPSA) is 31.2 Å². The number of fused-ring (bicyclic) bond motifs is 1. The summed E-state index contributed by atoms with van der Waals surface area (Å²) in [6.45, 7) is 3.52. The van der Waals surface area contributed by atoms with Gasteiger partial charge in [-0.05, 0) is 24.8 Å². The number of hydrogen-bond acceptors (Lipinski definition) is 4. The second-order valence-electron chi connectivity index (χ2n) is 6.47. The molecule has 0 spiro atoms. The van der Waals surface area contributed by atoms with Crippen molar-refractivity contribution in [2.75, 3.05) is 40.3 Å². The van der Waals surface area contributed by atoms with Crippen LogP contribution in [0.4, 0.5) is 14.5 Å². The summed E-state index contributed by atoms with van der Waals surface area (Å²) < 4.78 is 27.6. The van der Waals surface area contributed by atoms with Crippen molar-refractivity contribution in [1.82, 2.24) is 9.80 Å². The van der Waals surface area contributed by atoms with Crippen LogP contribution in [0.2, 0.25) is 0 Å². The third kappa shape index (κ3) is 3.02. The maximum atomic E-state index is 13.8. The second-order valence-corrected chi connectivity index (χ2v) is 6.47. The lowest BCUT2D eigenvalue weighted by molar-refractivity contribution is 0.217. The second kappa shape index (κ2) is 6.19. The van der Waals surface area contributed by atoms with Crippen LogP contribution in [-0.2, 0) is 0 Å². The van der Waals surface area contributed by atoms with Crippen LogP contribution in [0.1, 0.15) is 5.56 Å². The molecular formula is C19H19F2N4. The highest BCUT2D eigenvalue weighted by Gasteiger charge is 2.30. The molecule has 1 aliphatic carbocycles. The molecule has 0 atom stereocenters. The fourth-order valence-corrected chi connectivity index (χ4v) is 3.18. The molecule has 2 aliphatic heterocycles. The number of aliphatic imine (C=N–C) groups is 2. The highest BCUT2D eigenvalue weighted by atomic mass is 19.2. The molecule has 1 saturated heterocycles. The first-order valence-electron chi connectivity index (χ1n) is 8.32. The van der Waals surface area contributed by atoms with Gasteiger partial charge in [-0.25, -0.2) is 13.8 Å². The summed E-state index contributed by atoms with van der Waals surface area (Å²) >= 11 is 0. The van der Waals surface area contributed by atoms with Gasteiger partial charge in [-0.15, -0.1) is 0 Å². The van der Waals surface area contributed by atoms with Gasteiger partial charge in [0.1, 0.15) is 5.71 Å². The summed E-state index contributed by atoms with van der Waals surface area (Å²) in [5, 5.41) is 0. The van der Waals surface area contributed by atoms with Gasteiger partial charge in [0.25, 0.3) is 0 Å². The van der Waals surface area contributed by atoms with Crippen LogP contribution in [0.15, 0.2) is 39.8 Å². The van der Waals surface area contributed by atoms with Crippen molar-refractivity contribution < 1.29 is 8.78 Å². The normalized spacial score (nSPS) is 23.6. The standard InChI is InChI=1S/C19H19F2N4/c1-22-18-14(9-12-3-4-12)13-10-15(20)16(21)11-17(13)23-19(18)25-7-5-24(2)6-8-25/h3-4,9-11H,5-8H2,1-2H3/b14-9-,22-18?. The van der Waals surface area contributed by atoms with E-state index in [1.54, 1.807) is 7.05 Å². The van der Waals surface area contributed by atoms with Crippen molar-refractivity contribution in [2.45, 2.75) is 0 Å². The Hall–Kier alpha value is -2.34. The van der Waals surface area contributed by atoms with E-state index in [1.165, 1.54) is 12.1 Å². The van der Waals surface area contributed by atoms with Gasteiger partial charge in [0, 0.05) is 56.9 Å². The maximum Gasteiger partial charge on any atom is 0.161 e. The molecule has 0 bridgehead atoms. The number of likely N-dealkylation sites (N-methyl/N-ethyl adjacent to an activating group) is 1. The number of benzene rings is 1. The van der Waals surface area contributed by atoms with Gasteiger partial charge in [-0.3, -0.25) is 4.99 Å². The van der Waals surface area contributed by atoms with Crippen molar-refractivity contribution in [2.24, 2.45) is 9.98 Å². The van der Waals surface area contributed by atoms with Crippen molar-refractivity contribution in [1.29, 1.82) is 0 Å². The van der Waals surface area contributed by atoms with E-state index >= 15 is 0 Å². The molecule has 1 aromatic rings. The summed E-state index contributed by atoms with van der Waals surface area (Å²) in [4.78, 5) is 13.5. The van der Waals surface area contributed by atoms with Crippen molar-refractivity contribution >= 4 is 22.8 Å². The number of allylic oxidation sites excluding steroid dienone is 3. The van der Waals surface area contributed by atoms with E-state index in [0.29, 0.717) is 11.3 Å². The predicted octanol–water partition coefficient (Wildman–Crippen LogP) is 2.85. The van der Waals surface area contributed by atoms with Crippen molar-refractivity contribution in [3.05, 3.63) is 53.5 Å². The zero-order valence-corrected chi connectivity index (χ0v) is 14.3. The van der Waals surface area contributed by atoms with E-state index in [2.05, 4.69) is 26.8 Å². The minimum Gasteiger partial charge on any atom is -0.352 e. The lowest BCUT2D eigenvalue weighted by atomic mass is 9.93. The van der Waals surface area contributed by atoms with Gasteiger partial charge in [-0.1, -0.05) is 6.08 Å². The maximum absolute atomic E-state index is 13.8. The number of halogens is 2. The summed E-state index contributed by atoms with van der Waals surface area (Å²) in [5.41, 5.74) is 3.61. The van der Waals surface area contributed by atoms with Crippen LogP contribution in [-0.4, -0.2) is 61.6 Å². The van der Waals surface area contributed by atoms with Crippen LogP contribution >= 0.6 is 0 Å². The molecule has 4 rings (SSSR count). The molecule has 4 nitrogen and oxygen atoms in total.